The summed E-state index contributed by atoms with van der Waals surface area (Å²) in [7, 11) is 2.96. The molecule has 0 aliphatic carbocycles. The number of hydrogen-bond acceptors (Lipinski definition) is 6. The molecule has 0 aliphatic heterocycles. The highest BCUT2D eigenvalue weighted by Gasteiger charge is 2.25. The van der Waals surface area contributed by atoms with E-state index in [4.69, 9.17) is 13.9 Å². The molecule has 9 nitrogen and oxygen atoms in total. The van der Waals surface area contributed by atoms with Gasteiger partial charge in [-0.1, -0.05) is 0 Å². The molecule has 1 aromatic heterocycles. The van der Waals surface area contributed by atoms with Crippen molar-refractivity contribution in [2.75, 3.05) is 20.7 Å². The van der Waals surface area contributed by atoms with E-state index in [-0.39, 0.29) is 24.0 Å². The van der Waals surface area contributed by atoms with Gasteiger partial charge in [0.15, 0.2) is 5.96 Å². The van der Waals surface area contributed by atoms with E-state index in [1.165, 1.54) is 7.11 Å². The number of halogens is 1. The topological polar surface area (TPSA) is 114 Å². The lowest BCUT2D eigenvalue weighted by Crippen LogP contribution is -2.54. The normalized spacial score (nSPS) is 11.9. The van der Waals surface area contributed by atoms with Crippen molar-refractivity contribution in [3.05, 3.63) is 23.2 Å². The van der Waals surface area contributed by atoms with Gasteiger partial charge in [-0.15, -0.1) is 24.0 Å². The Bertz CT molecular complexity index is 723. The van der Waals surface area contributed by atoms with Gasteiger partial charge in [0, 0.05) is 13.6 Å². The highest BCUT2D eigenvalue weighted by atomic mass is 127. The van der Waals surface area contributed by atoms with E-state index in [0.29, 0.717) is 36.1 Å². The van der Waals surface area contributed by atoms with Crippen LogP contribution >= 0.6 is 24.0 Å². The summed E-state index contributed by atoms with van der Waals surface area (Å²) in [6.07, 6.45) is -0.483. The van der Waals surface area contributed by atoms with Crippen molar-refractivity contribution in [2.45, 2.75) is 59.2 Å². The molecule has 29 heavy (non-hydrogen) atoms. The molecule has 0 aromatic carbocycles. The molecular weight excluding hydrogens is 491 g/mol. The molecule has 0 fully saturated rings. The number of rotatable bonds is 6. The van der Waals surface area contributed by atoms with Crippen molar-refractivity contribution in [1.29, 1.82) is 0 Å². The van der Waals surface area contributed by atoms with Gasteiger partial charge in [-0.2, -0.15) is 0 Å². The number of esters is 1. The van der Waals surface area contributed by atoms with Gasteiger partial charge in [-0.3, -0.25) is 4.99 Å². The number of alkyl carbamates (subject to hydrolysis) is 1. The zero-order valence-electron chi connectivity index (χ0n) is 18.4. The van der Waals surface area contributed by atoms with Gasteiger partial charge >= 0.3 is 12.1 Å². The van der Waals surface area contributed by atoms with Crippen LogP contribution in [0.25, 0.3) is 0 Å². The Hall–Kier alpha value is -1.98. The number of carbonyl (C=O) groups excluding carboxylic acids is 2. The van der Waals surface area contributed by atoms with Crippen molar-refractivity contribution >= 4 is 42.0 Å². The molecule has 0 aliphatic rings. The quantitative estimate of drug-likeness (QED) is 0.227. The van der Waals surface area contributed by atoms with E-state index >= 15 is 0 Å². The lowest BCUT2D eigenvalue weighted by Gasteiger charge is -2.29. The summed E-state index contributed by atoms with van der Waals surface area (Å²) >= 11 is 0. The summed E-state index contributed by atoms with van der Waals surface area (Å²) in [6.45, 7) is 11.6. The van der Waals surface area contributed by atoms with Crippen LogP contribution in [0.15, 0.2) is 15.5 Å². The number of methoxy groups -OCH3 is 1. The number of carbonyl (C=O) groups is 2. The van der Waals surface area contributed by atoms with Crippen molar-refractivity contribution in [1.82, 2.24) is 16.0 Å². The minimum absolute atomic E-state index is 0. The first-order valence-corrected chi connectivity index (χ1v) is 9.00. The van der Waals surface area contributed by atoms with Crippen LogP contribution in [-0.2, 0) is 16.0 Å². The molecule has 1 rings (SSSR count). The lowest BCUT2D eigenvalue weighted by molar-refractivity contribution is 0.0473. The van der Waals surface area contributed by atoms with E-state index in [1.807, 2.05) is 34.6 Å². The lowest BCUT2D eigenvalue weighted by atomic mass is 10.1. The van der Waals surface area contributed by atoms with E-state index in [1.54, 1.807) is 20.0 Å². The molecule has 0 spiro atoms. The Morgan fingerprint density at radius 1 is 1.17 bits per heavy atom. The third-order valence-electron chi connectivity index (χ3n) is 3.56. The third-order valence-corrected chi connectivity index (χ3v) is 3.56. The number of amides is 1. The van der Waals surface area contributed by atoms with Gasteiger partial charge in [-0.25, -0.2) is 9.59 Å². The maximum Gasteiger partial charge on any atom is 0.408 e. The number of furan rings is 1. The molecule has 3 N–H and O–H groups in total. The summed E-state index contributed by atoms with van der Waals surface area (Å²) < 4.78 is 15.6. The number of nitrogens with zero attached hydrogens (tertiary/aromatic N) is 1. The van der Waals surface area contributed by atoms with Crippen molar-refractivity contribution in [2.24, 2.45) is 4.99 Å². The molecule has 1 amide bonds. The third kappa shape index (κ3) is 9.86. The van der Waals surface area contributed by atoms with Gasteiger partial charge in [0.1, 0.15) is 22.7 Å². The second-order valence-corrected chi connectivity index (χ2v) is 7.96. The number of aryl methyl sites for hydroxylation is 1. The summed E-state index contributed by atoms with van der Waals surface area (Å²) in [5.41, 5.74) is -0.737. The van der Waals surface area contributed by atoms with Crippen LogP contribution in [0.1, 0.15) is 56.5 Å². The van der Waals surface area contributed by atoms with Crippen LogP contribution in [0.3, 0.4) is 0 Å². The highest BCUT2D eigenvalue weighted by Crippen LogP contribution is 2.15. The fourth-order valence-electron chi connectivity index (χ4n) is 2.26. The predicted octanol–water partition coefficient (Wildman–Crippen LogP) is 2.96. The minimum Gasteiger partial charge on any atom is -0.465 e. The molecule has 0 saturated carbocycles. The molecule has 10 heteroatoms. The first-order chi connectivity index (χ1) is 12.9. The fraction of sp³-hybridized carbons (Fsp3) is 0.632. The molecule has 0 bridgehead atoms. The van der Waals surface area contributed by atoms with Crippen LogP contribution < -0.4 is 16.0 Å². The largest absolute Gasteiger partial charge is 0.465 e. The SMILES string of the molecule is CN=C(NCc1cc(C(=O)OC)c(C)o1)NCC(C)(C)NC(=O)OC(C)(C)C.I. The average molecular weight is 524 g/mol. The zero-order chi connectivity index (χ0) is 21.5. The first kappa shape index (κ1) is 27.0. The molecule has 0 unspecified atom stereocenters. The molecule has 166 valence electrons. The van der Waals surface area contributed by atoms with E-state index < -0.39 is 23.2 Å². The van der Waals surface area contributed by atoms with Crippen LogP contribution in [0, 0.1) is 6.92 Å². The Morgan fingerprint density at radius 3 is 2.31 bits per heavy atom. The Morgan fingerprint density at radius 2 is 1.79 bits per heavy atom. The van der Waals surface area contributed by atoms with Gasteiger partial charge in [0.05, 0.1) is 19.2 Å². The monoisotopic (exact) mass is 524 g/mol. The number of guanidine groups is 1. The maximum absolute atomic E-state index is 12.0. The van der Waals surface area contributed by atoms with Crippen LogP contribution in [0.5, 0.6) is 0 Å². The molecule has 0 saturated heterocycles. The van der Waals surface area contributed by atoms with Crippen LogP contribution in [0.2, 0.25) is 0 Å². The molecular formula is C19H33IN4O5. The van der Waals surface area contributed by atoms with Crippen molar-refractivity contribution in [3.63, 3.8) is 0 Å². The smallest absolute Gasteiger partial charge is 0.408 e. The van der Waals surface area contributed by atoms with Crippen LogP contribution in [-0.4, -0.2) is 49.9 Å². The standard InChI is InChI=1S/C19H32N4O5.HI/c1-12-14(15(24)26-8)9-13(27-12)10-21-16(20-7)22-11-19(5,6)23-17(25)28-18(2,3)4;/h9H,10-11H2,1-8H3,(H,23,25)(H2,20,21,22);1H. The van der Waals surface area contributed by atoms with E-state index in [2.05, 4.69) is 20.9 Å². The Balaban J connectivity index is 0.00000784. The van der Waals surface area contributed by atoms with E-state index in [0.717, 1.165) is 0 Å². The van der Waals surface area contributed by atoms with Crippen molar-refractivity contribution in [3.8, 4) is 0 Å². The average Bonchev–Trinajstić information content (AvgIpc) is 2.92. The number of nitrogens with one attached hydrogen (secondary N) is 3. The van der Waals surface area contributed by atoms with Gasteiger partial charge in [0.2, 0.25) is 0 Å². The first-order valence-electron chi connectivity index (χ1n) is 9.00. The van der Waals surface area contributed by atoms with Crippen LogP contribution in [0.4, 0.5) is 4.79 Å². The number of ether oxygens (including phenoxy) is 2. The van der Waals surface area contributed by atoms with E-state index in [9.17, 15) is 9.59 Å². The van der Waals surface area contributed by atoms with Gasteiger partial charge < -0.3 is 29.8 Å². The number of aliphatic imine (C=N–C) groups is 1. The second-order valence-electron chi connectivity index (χ2n) is 7.96. The summed E-state index contributed by atoms with van der Waals surface area (Å²) in [4.78, 5) is 27.7. The van der Waals surface area contributed by atoms with Crippen molar-refractivity contribution < 1.29 is 23.5 Å². The number of hydrogen-bond donors (Lipinski definition) is 3. The zero-order valence-corrected chi connectivity index (χ0v) is 20.7. The molecule has 0 radical (unpaired) electrons. The summed E-state index contributed by atoms with van der Waals surface area (Å²) in [5.74, 6) is 1.15. The Labute approximate surface area is 189 Å². The fourth-order valence-corrected chi connectivity index (χ4v) is 2.26. The Kier molecular flexibility index (Phi) is 10.5. The molecule has 1 heterocycles. The maximum atomic E-state index is 12.0. The van der Waals surface area contributed by atoms with Gasteiger partial charge in [0.25, 0.3) is 0 Å². The summed E-state index contributed by atoms with van der Waals surface area (Å²) in [5, 5.41) is 9.05. The minimum atomic E-state index is -0.570. The predicted molar refractivity (Wildman–Crippen MR) is 122 cm³/mol. The van der Waals surface area contributed by atoms with Gasteiger partial charge in [-0.05, 0) is 47.6 Å². The highest BCUT2D eigenvalue weighted by molar-refractivity contribution is 14.0. The molecule has 1 aromatic rings. The second kappa shape index (κ2) is 11.3. The summed E-state index contributed by atoms with van der Waals surface area (Å²) in [6, 6.07) is 1.63. The molecule has 0 atom stereocenters.